The van der Waals surface area contributed by atoms with Gasteiger partial charge in [0.25, 0.3) is 0 Å². The quantitative estimate of drug-likeness (QED) is 0.569. The van der Waals surface area contributed by atoms with Crippen LogP contribution in [0.2, 0.25) is 0 Å². The zero-order valence-corrected chi connectivity index (χ0v) is 18.1. The van der Waals surface area contributed by atoms with Crippen molar-refractivity contribution in [3.63, 3.8) is 0 Å². The minimum atomic E-state index is -3.53. The van der Waals surface area contributed by atoms with Crippen LogP contribution < -0.4 is 10.1 Å². The van der Waals surface area contributed by atoms with Crippen molar-refractivity contribution in [1.29, 1.82) is 0 Å². The Morgan fingerprint density at radius 1 is 1.10 bits per heavy atom. The van der Waals surface area contributed by atoms with Gasteiger partial charge < -0.3 is 10.1 Å². The number of hydrogen-bond acceptors (Lipinski definition) is 4. The first-order valence-electron chi connectivity index (χ1n) is 9.81. The van der Waals surface area contributed by atoms with Gasteiger partial charge in [-0.2, -0.15) is 4.31 Å². The van der Waals surface area contributed by atoms with Gasteiger partial charge >= 0.3 is 0 Å². The van der Waals surface area contributed by atoms with E-state index in [0.29, 0.717) is 18.7 Å². The van der Waals surface area contributed by atoms with Gasteiger partial charge in [0.05, 0.1) is 12.9 Å². The van der Waals surface area contributed by atoms with Crippen LogP contribution in [0.5, 0.6) is 5.75 Å². The molecule has 2 aromatic carbocycles. The van der Waals surface area contributed by atoms with E-state index < -0.39 is 16.1 Å². The number of amides is 1. The molecule has 1 amide bonds. The van der Waals surface area contributed by atoms with Crippen molar-refractivity contribution in [3.05, 3.63) is 65.7 Å². The molecule has 0 saturated heterocycles. The second-order valence-electron chi connectivity index (χ2n) is 6.94. The van der Waals surface area contributed by atoms with E-state index >= 15 is 0 Å². The Hall–Kier alpha value is -2.38. The SMILES string of the molecule is CCCOc1ccccc1CCCNC(=O)C(c1ccccc1)N(C)S(C)(=O)=O. The van der Waals surface area contributed by atoms with Crippen LogP contribution in [0.15, 0.2) is 54.6 Å². The lowest BCUT2D eigenvalue weighted by Crippen LogP contribution is -2.41. The summed E-state index contributed by atoms with van der Waals surface area (Å²) in [6.45, 7) is 3.18. The minimum absolute atomic E-state index is 0.334. The van der Waals surface area contributed by atoms with E-state index in [0.717, 1.165) is 41.1 Å². The van der Waals surface area contributed by atoms with E-state index in [-0.39, 0.29) is 5.91 Å². The Balaban J connectivity index is 1.99. The number of carbonyl (C=O) groups is 1. The second kappa shape index (κ2) is 11.0. The summed E-state index contributed by atoms with van der Waals surface area (Å²) < 4.78 is 30.9. The number of aryl methyl sites for hydroxylation is 1. The van der Waals surface area contributed by atoms with Crippen LogP contribution in [0.25, 0.3) is 0 Å². The van der Waals surface area contributed by atoms with Gasteiger partial charge in [-0.3, -0.25) is 4.79 Å². The molecule has 0 aromatic heterocycles. The molecule has 0 spiro atoms. The third-order valence-corrected chi connectivity index (χ3v) is 5.86. The number of carbonyl (C=O) groups excluding carboxylic acids is 1. The van der Waals surface area contributed by atoms with Crippen molar-refractivity contribution in [3.8, 4) is 5.75 Å². The molecule has 2 rings (SSSR count). The highest BCUT2D eigenvalue weighted by molar-refractivity contribution is 7.88. The third-order valence-electron chi connectivity index (χ3n) is 4.61. The number of para-hydroxylation sites is 1. The summed E-state index contributed by atoms with van der Waals surface area (Å²) in [6, 6.07) is 15.9. The molecule has 2 aromatic rings. The fraction of sp³-hybridized carbons (Fsp3) is 0.409. The molecule has 7 heteroatoms. The highest BCUT2D eigenvalue weighted by Gasteiger charge is 2.30. The lowest BCUT2D eigenvalue weighted by Gasteiger charge is -2.25. The Labute approximate surface area is 173 Å². The Morgan fingerprint density at radius 3 is 2.41 bits per heavy atom. The monoisotopic (exact) mass is 418 g/mol. The molecular formula is C22H30N2O4S. The Bertz CT molecular complexity index is 885. The summed E-state index contributed by atoms with van der Waals surface area (Å²) >= 11 is 0. The van der Waals surface area contributed by atoms with E-state index in [1.807, 2.05) is 30.3 Å². The lowest BCUT2D eigenvalue weighted by atomic mass is 10.1. The molecule has 0 bridgehead atoms. The second-order valence-corrected chi connectivity index (χ2v) is 8.99. The van der Waals surface area contributed by atoms with Crippen LogP contribution in [0, 0.1) is 0 Å². The molecule has 1 unspecified atom stereocenters. The van der Waals surface area contributed by atoms with Crippen molar-refractivity contribution in [2.24, 2.45) is 0 Å². The highest BCUT2D eigenvalue weighted by atomic mass is 32.2. The fourth-order valence-electron chi connectivity index (χ4n) is 3.00. The van der Waals surface area contributed by atoms with Gasteiger partial charge in [0.1, 0.15) is 11.8 Å². The van der Waals surface area contributed by atoms with Gasteiger partial charge in [-0.05, 0) is 36.5 Å². The van der Waals surface area contributed by atoms with E-state index in [9.17, 15) is 13.2 Å². The highest BCUT2D eigenvalue weighted by Crippen LogP contribution is 2.22. The van der Waals surface area contributed by atoms with Gasteiger partial charge in [0.15, 0.2) is 0 Å². The number of sulfonamides is 1. The first-order valence-corrected chi connectivity index (χ1v) is 11.7. The first-order chi connectivity index (χ1) is 13.8. The molecule has 0 saturated carbocycles. The number of nitrogens with one attached hydrogen (secondary N) is 1. The summed E-state index contributed by atoms with van der Waals surface area (Å²) in [7, 11) is -2.10. The molecular weight excluding hydrogens is 388 g/mol. The first kappa shape index (κ1) is 22.9. The standard InChI is InChI=1S/C22H30N2O4S/c1-4-17-28-20-15-9-8-11-18(20)14-10-16-23-22(25)21(24(2)29(3,26)27)19-12-6-5-7-13-19/h5-9,11-13,15,21H,4,10,14,16-17H2,1-3H3,(H,23,25). The maximum absolute atomic E-state index is 12.8. The number of rotatable bonds is 11. The van der Waals surface area contributed by atoms with Crippen LogP contribution in [0.1, 0.15) is 36.9 Å². The van der Waals surface area contributed by atoms with Gasteiger partial charge in [0.2, 0.25) is 15.9 Å². The van der Waals surface area contributed by atoms with Crippen molar-refractivity contribution >= 4 is 15.9 Å². The van der Waals surface area contributed by atoms with Crippen molar-refractivity contribution in [1.82, 2.24) is 9.62 Å². The molecule has 158 valence electrons. The summed E-state index contributed by atoms with van der Waals surface area (Å²) in [5, 5.41) is 2.88. The van der Waals surface area contributed by atoms with Crippen molar-refractivity contribution in [2.75, 3.05) is 26.5 Å². The van der Waals surface area contributed by atoms with E-state index in [1.165, 1.54) is 7.05 Å². The van der Waals surface area contributed by atoms with Crippen LogP contribution >= 0.6 is 0 Å². The van der Waals surface area contributed by atoms with Gasteiger partial charge in [-0.1, -0.05) is 55.5 Å². The van der Waals surface area contributed by atoms with Crippen LogP contribution in [0.3, 0.4) is 0 Å². The predicted molar refractivity (Wildman–Crippen MR) is 115 cm³/mol. The number of hydrogen-bond donors (Lipinski definition) is 1. The number of nitrogens with zero attached hydrogens (tertiary/aromatic N) is 1. The number of likely N-dealkylation sites (N-methyl/N-ethyl adjacent to an activating group) is 1. The molecule has 0 heterocycles. The van der Waals surface area contributed by atoms with Crippen molar-refractivity contribution < 1.29 is 17.9 Å². The molecule has 0 radical (unpaired) electrons. The largest absolute Gasteiger partial charge is 0.493 e. The molecule has 0 aliphatic heterocycles. The van der Waals surface area contributed by atoms with E-state index in [1.54, 1.807) is 24.3 Å². The molecule has 1 N–H and O–H groups in total. The normalized spacial score (nSPS) is 12.6. The zero-order valence-electron chi connectivity index (χ0n) is 17.3. The Kier molecular flexibility index (Phi) is 8.67. The molecule has 6 nitrogen and oxygen atoms in total. The van der Waals surface area contributed by atoms with Crippen LogP contribution in [-0.2, 0) is 21.2 Å². The molecule has 0 aliphatic carbocycles. The lowest BCUT2D eigenvalue weighted by molar-refractivity contribution is -0.124. The third kappa shape index (κ3) is 6.87. The summed E-state index contributed by atoms with van der Waals surface area (Å²) in [4.78, 5) is 12.8. The van der Waals surface area contributed by atoms with Crippen LogP contribution in [-0.4, -0.2) is 45.1 Å². The molecule has 1 atom stereocenters. The topological polar surface area (TPSA) is 75.7 Å². The van der Waals surface area contributed by atoms with E-state index in [2.05, 4.69) is 12.2 Å². The molecule has 0 aliphatic rings. The summed E-state index contributed by atoms with van der Waals surface area (Å²) in [5.74, 6) is 0.541. The smallest absolute Gasteiger partial charge is 0.242 e. The van der Waals surface area contributed by atoms with E-state index in [4.69, 9.17) is 4.74 Å². The molecule has 29 heavy (non-hydrogen) atoms. The van der Waals surface area contributed by atoms with Crippen LogP contribution in [0.4, 0.5) is 0 Å². The summed E-state index contributed by atoms with van der Waals surface area (Å²) in [6.07, 6.45) is 3.53. The van der Waals surface area contributed by atoms with Gasteiger partial charge in [-0.25, -0.2) is 8.42 Å². The average molecular weight is 419 g/mol. The maximum Gasteiger partial charge on any atom is 0.242 e. The fourth-order valence-corrected chi connectivity index (χ4v) is 3.60. The van der Waals surface area contributed by atoms with Gasteiger partial charge in [0, 0.05) is 13.6 Å². The molecule has 0 fully saturated rings. The Morgan fingerprint density at radius 2 is 1.76 bits per heavy atom. The summed E-state index contributed by atoms with van der Waals surface area (Å²) in [5.41, 5.74) is 1.74. The predicted octanol–water partition coefficient (Wildman–Crippen LogP) is 3.16. The average Bonchev–Trinajstić information content (AvgIpc) is 2.70. The zero-order chi connectivity index (χ0) is 21.3. The minimum Gasteiger partial charge on any atom is -0.493 e. The van der Waals surface area contributed by atoms with Crippen molar-refractivity contribution in [2.45, 2.75) is 32.2 Å². The number of ether oxygens (including phenoxy) is 1. The van der Waals surface area contributed by atoms with Gasteiger partial charge in [-0.15, -0.1) is 0 Å². The number of benzene rings is 2. The maximum atomic E-state index is 12.8.